The molecule has 6 atom stereocenters. The normalized spacial score (nSPS) is 35.1. The van der Waals surface area contributed by atoms with Gasteiger partial charge in [0, 0.05) is 0 Å². The molecule has 0 bridgehead atoms. The summed E-state index contributed by atoms with van der Waals surface area (Å²) in [4.78, 5) is 22.9. The maximum Gasteiger partial charge on any atom is 0.306 e. The molecule has 4 heteroatoms. The Morgan fingerprint density at radius 2 is 1.83 bits per heavy atom. The van der Waals surface area contributed by atoms with Gasteiger partial charge in [0.15, 0.2) is 0 Å². The van der Waals surface area contributed by atoms with Gasteiger partial charge in [-0.05, 0) is 97.0 Å². The number of allylic oxidation sites excluding steroid dienone is 4. The summed E-state index contributed by atoms with van der Waals surface area (Å²) in [6.07, 6.45) is 15.5. The first-order chi connectivity index (χ1) is 16.5. The zero-order valence-corrected chi connectivity index (χ0v) is 22.8. The molecule has 0 aliphatic heterocycles. The van der Waals surface area contributed by atoms with Gasteiger partial charge in [-0.25, -0.2) is 0 Å². The molecule has 0 radical (unpaired) electrons. The first-order valence-corrected chi connectivity index (χ1v) is 14.4. The molecule has 1 N–H and O–H groups in total. The minimum atomic E-state index is -0.942. The molecule has 0 aromatic rings. The second kappa shape index (κ2) is 10.4. The van der Waals surface area contributed by atoms with Gasteiger partial charge in [-0.1, -0.05) is 65.5 Å². The highest BCUT2D eigenvalue weighted by Gasteiger charge is 2.53. The summed E-state index contributed by atoms with van der Waals surface area (Å²) in [6.45, 7) is 12.2. The van der Waals surface area contributed by atoms with E-state index in [-0.39, 0.29) is 30.3 Å². The third kappa shape index (κ3) is 5.27. The Kier molecular flexibility index (Phi) is 7.88. The molecular formula is C31H48O4. The second-order valence-electron chi connectivity index (χ2n) is 13.1. The van der Waals surface area contributed by atoms with Gasteiger partial charge in [0.1, 0.15) is 6.10 Å². The van der Waals surface area contributed by atoms with Gasteiger partial charge in [0.05, 0.1) is 12.8 Å². The number of ether oxygens (including phenoxy) is 1. The quantitative estimate of drug-likeness (QED) is 0.338. The molecule has 2 unspecified atom stereocenters. The van der Waals surface area contributed by atoms with E-state index in [1.807, 2.05) is 0 Å². The topological polar surface area (TPSA) is 63.6 Å². The molecule has 0 spiro atoms. The lowest BCUT2D eigenvalue weighted by Crippen LogP contribution is -2.44. The molecule has 0 amide bonds. The predicted molar refractivity (Wildman–Crippen MR) is 140 cm³/mol. The van der Waals surface area contributed by atoms with Crippen LogP contribution in [-0.4, -0.2) is 23.1 Å². The average Bonchev–Trinajstić information content (AvgIpc) is 3.15. The van der Waals surface area contributed by atoms with Gasteiger partial charge >= 0.3 is 11.9 Å². The summed E-state index contributed by atoms with van der Waals surface area (Å²) >= 11 is 0. The van der Waals surface area contributed by atoms with Crippen LogP contribution in [0.1, 0.15) is 118 Å². The fourth-order valence-corrected chi connectivity index (χ4v) is 8.32. The maximum atomic E-state index is 12.1. The highest BCUT2D eigenvalue weighted by Crippen LogP contribution is 2.64. The second-order valence-corrected chi connectivity index (χ2v) is 13.1. The summed E-state index contributed by atoms with van der Waals surface area (Å²) < 4.78 is 5.71. The lowest BCUT2D eigenvalue weighted by Gasteiger charge is -2.54. The standard InChI is InChI=1S/C31H48O4/c1-20(2)7-6-8-21(3)25-11-12-26-24-10-9-22-19-23(35-29(34)14-13-28(32)33)15-17-30(22,4)27(24)16-18-31(25,26)5/h12,20-23,25H,6-11,13-19H2,1-5H3,(H,32,33)/t21?,22?,23-,25+,30-,31+/m0/s1. The van der Waals surface area contributed by atoms with E-state index >= 15 is 0 Å². The molecule has 4 nitrogen and oxygen atoms in total. The summed E-state index contributed by atoms with van der Waals surface area (Å²) in [7, 11) is 0. The van der Waals surface area contributed by atoms with Crippen LogP contribution in [0.25, 0.3) is 0 Å². The van der Waals surface area contributed by atoms with Gasteiger partial charge in [0.2, 0.25) is 0 Å². The van der Waals surface area contributed by atoms with Crippen LogP contribution in [0.4, 0.5) is 0 Å². The van der Waals surface area contributed by atoms with Crippen molar-refractivity contribution in [2.45, 2.75) is 124 Å². The van der Waals surface area contributed by atoms with Crippen molar-refractivity contribution in [1.82, 2.24) is 0 Å². The lowest BCUT2D eigenvalue weighted by atomic mass is 9.51. The van der Waals surface area contributed by atoms with Crippen LogP contribution in [0.5, 0.6) is 0 Å². The van der Waals surface area contributed by atoms with E-state index in [4.69, 9.17) is 9.84 Å². The van der Waals surface area contributed by atoms with Crippen LogP contribution < -0.4 is 0 Å². The Labute approximate surface area is 213 Å². The maximum absolute atomic E-state index is 12.1. The number of fused-ring (bicyclic) bond motifs is 4. The number of esters is 1. The van der Waals surface area contributed by atoms with Crippen molar-refractivity contribution >= 4 is 11.9 Å². The van der Waals surface area contributed by atoms with Gasteiger partial charge in [-0.15, -0.1) is 0 Å². The molecule has 0 aromatic carbocycles. The first-order valence-electron chi connectivity index (χ1n) is 14.4. The fraction of sp³-hybridized carbons (Fsp3) is 0.806. The van der Waals surface area contributed by atoms with E-state index in [2.05, 4.69) is 40.7 Å². The Morgan fingerprint density at radius 3 is 2.54 bits per heavy atom. The van der Waals surface area contributed by atoms with Gasteiger partial charge < -0.3 is 9.84 Å². The van der Waals surface area contributed by atoms with Crippen LogP contribution in [0.2, 0.25) is 0 Å². The van der Waals surface area contributed by atoms with Crippen molar-refractivity contribution in [3.05, 3.63) is 22.8 Å². The summed E-state index contributed by atoms with van der Waals surface area (Å²) in [5.74, 6) is 1.64. The van der Waals surface area contributed by atoms with Crippen LogP contribution >= 0.6 is 0 Å². The monoisotopic (exact) mass is 484 g/mol. The lowest BCUT2D eigenvalue weighted by molar-refractivity contribution is -0.155. The largest absolute Gasteiger partial charge is 0.481 e. The number of rotatable bonds is 9. The summed E-state index contributed by atoms with van der Waals surface area (Å²) in [6, 6.07) is 0. The Hall–Kier alpha value is -1.58. The first kappa shape index (κ1) is 26.5. The molecule has 4 aliphatic rings. The van der Waals surface area contributed by atoms with Crippen LogP contribution in [-0.2, 0) is 14.3 Å². The molecule has 0 saturated heterocycles. The van der Waals surface area contributed by atoms with Crippen LogP contribution in [0.15, 0.2) is 22.8 Å². The van der Waals surface area contributed by atoms with Gasteiger partial charge in [-0.2, -0.15) is 0 Å². The van der Waals surface area contributed by atoms with Crippen molar-refractivity contribution in [3.63, 3.8) is 0 Å². The fourth-order valence-electron chi connectivity index (χ4n) is 8.32. The summed E-state index contributed by atoms with van der Waals surface area (Å²) in [5, 5.41) is 8.84. The molecule has 0 aromatic heterocycles. The third-order valence-electron chi connectivity index (χ3n) is 10.4. The van der Waals surface area contributed by atoms with E-state index in [1.165, 1.54) is 51.4 Å². The molecule has 1 fully saturated rings. The third-order valence-corrected chi connectivity index (χ3v) is 10.4. The Balaban J connectivity index is 1.43. The number of aliphatic carboxylic acids is 1. The van der Waals surface area contributed by atoms with Crippen LogP contribution in [0.3, 0.4) is 0 Å². The van der Waals surface area contributed by atoms with Crippen molar-refractivity contribution < 1.29 is 19.4 Å². The molecule has 196 valence electrons. The SMILES string of the molecule is CC(C)CCCC(C)[C@H]1CC=C2C3=C(CC[C@@]21C)[C@@]1(C)CC[C@H](OC(=O)CCC(=O)O)CC1CC3. The van der Waals surface area contributed by atoms with Gasteiger partial charge in [0.25, 0.3) is 0 Å². The molecule has 4 rings (SSSR count). The number of hydrogen-bond acceptors (Lipinski definition) is 3. The molecule has 35 heavy (non-hydrogen) atoms. The number of carboxylic acids is 1. The number of carboxylic acid groups (broad SMARTS) is 1. The minimum absolute atomic E-state index is 0.0210. The number of carbonyl (C=O) groups excluding carboxylic acids is 1. The Bertz CT molecular complexity index is 882. The highest BCUT2D eigenvalue weighted by atomic mass is 16.5. The van der Waals surface area contributed by atoms with E-state index < -0.39 is 5.97 Å². The highest BCUT2D eigenvalue weighted by molar-refractivity contribution is 5.76. The molecule has 4 aliphatic carbocycles. The van der Waals surface area contributed by atoms with Crippen molar-refractivity contribution in [1.29, 1.82) is 0 Å². The molecular weight excluding hydrogens is 436 g/mol. The smallest absolute Gasteiger partial charge is 0.306 e. The van der Waals surface area contributed by atoms with Crippen LogP contribution in [0, 0.1) is 34.5 Å². The zero-order valence-electron chi connectivity index (χ0n) is 22.8. The van der Waals surface area contributed by atoms with Crippen molar-refractivity contribution in [2.24, 2.45) is 34.5 Å². The van der Waals surface area contributed by atoms with E-state index in [0.29, 0.717) is 11.3 Å². The van der Waals surface area contributed by atoms with E-state index in [1.54, 1.807) is 16.7 Å². The predicted octanol–water partition coefficient (Wildman–Crippen LogP) is 7.87. The molecule has 1 saturated carbocycles. The number of carbonyl (C=O) groups is 2. The average molecular weight is 485 g/mol. The van der Waals surface area contributed by atoms with Gasteiger partial charge in [-0.3, -0.25) is 9.59 Å². The minimum Gasteiger partial charge on any atom is -0.481 e. The van der Waals surface area contributed by atoms with Crippen molar-refractivity contribution in [2.75, 3.05) is 0 Å². The van der Waals surface area contributed by atoms with E-state index in [0.717, 1.165) is 37.0 Å². The zero-order chi connectivity index (χ0) is 25.4. The molecule has 0 heterocycles. The van der Waals surface area contributed by atoms with E-state index in [9.17, 15) is 9.59 Å². The van der Waals surface area contributed by atoms with Crippen molar-refractivity contribution in [3.8, 4) is 0 Å². The number of hydrogen-bond donors (Lipinski definition) is 1. The Morgan fingerprint density at radius 1 is 1.06 bits per heavy atom. The summed E-state index contributed by atoms with van der Waals surface area (Å²) in [5.41, 5.74) is 5.69.